The lowest BCUT2D eigenvalue weighted by molar-refractivity contribution is 0.103. The number of carbonyl (C=O) groups excluding carboxylic acids is 1. The average molecular weight is 354 g/mol. The maximum atomic E-state index is 12.5. The third kappa shape index (κ3) is 3.22. The Bertz CT molecular complexity index is 653. The van der Waals surface area contributed by atoms with Gasteiger partial charge in [0.25, 0.3) is 0 Å². The summed E-state index contributed by atoms with van der Waals surface area (Å²) in [7, 11) is 0. The van der Waals surface area contributed by atoms with Gasteiger partial charge in [-0.25, -0.2) is 0 Å². The Morgan fingerprint density at radius 1 is 1.25 bits per heavy atom. The first-order valence-corrected chi connectivity index (χ1v) is 7.43. The van der Waals surface area contributed by atoms with Crippen molar-refractivity contribution in [3.63, 3.8) is 0 Å². The summed E-state index contributed by atoms with van der Waals surface area (Å²) in [5.74, 6) is 0.681. The molecule has 0 radical (unpaired) electrons. The molecule has 2 aromatic carbocycles. The van der Waals surface area contributed by atoms with E-state index in [1.54, 1.807) is 30.3 Å². The van der Waals surface area contributed by atoms with Crippen molar-refractivity contribution in [3.8, 4) is 5.75 Å². The van der Waals surface area contributed by atoms with Crippen molar-refractivity contribution in [2.75, 3.05) is 6.61 Å². The zero-order valence-electron chi connectivity index (χ0n) is 11.2. The summed E-state index contributed by atoms with van der Waals surface area (Å²) in [6, 6.07) is 10.7. The summed E-state index contributed by atoms with van der Waals surface area (Å²) < 4.78 is 6.21. The molecule has 0 saturated heterocycles. The van der Waals surface area contributed by atoms with E-state index in [2.05, 4.69) is 15.9 Å². The Kier molecular flexibility index (Phi) is 4.84. The van der Waals surface area contributed by atoms with Crippen LogP contribution in [0, 0.1) is 6.92 Å². The number of rotatable bonds is 4. The fourth-order valence-electron chi connectivity index (χ4n) is 1.91. The van der Waals surface area contributed by atoms with E-state index in [1.165, 1.54) is 0 Å². The monoisotopic (exact) mass is 352 g/mol. The van der Waals surface area contributed by atoms with Crippen molar-refractivity contribution in [1.82, 2.24) is 0 Å². The third-order valence-corrected chi connectivity index (χ3v) is 3.79. The molecule has 104 valence electrons. The van der Waals surface area contributed by atoms with Gasteiger partial charge in [-0.2, -0.15) is 0 Å². The molecule has 0 heterocycles. The molecule has 2 rings (SSSR count). The lowest BCUT2D eigenvalue weighted by Gasteiger charge is -2.09. The van der Waals surface area contributed by atoms with Gasteiger partial charge in [0, 0.05) is 16.1 Å². The van der Waals surface area contributed by atoms with Crippen LogP contribution in [0.25, 0.3) is 0 Å². The molecule has 0 bridgehead atoms. The molecule has 0 saturated carbocycles. The molecule has 20 heavy (non-hydrogen) atoms. The van der Waals surface area contributed by atoms with Crippen LogP contribution in [0.2, 0.25) is 5.02 Å². The quantitative estimate of drug-likeness (QED) is 0.720. The van der Waals surface area contributed by atoms with E-state index in [0.29, 0.717) is 22.8 Å². The van der Waals surface area contributed by atoms with Crippen LogP contribution < -0.4 is 4.74 Å². The third-order valence-electron chi connectivity index (χ3n) is 2.94. The van der Waals surface area contributed by atoms with Gasteiger partial charge in [-0.15, -0.1) is 0 Å². The molecule has 2 aromatic rings. The average Bonchev–Trinajstić information content (AvgIpc) is 2.43. The smallest absolute Gasteiger partial charge is 0.193 e. The van der Waals surface area contributed by atoms with E-state index < -0.39 is 0 Å². The zero-order valence-corrected chi connectivity index (χ0v) is 13.6. The Balaban J connectivity index is 2.38. The molecule has 0 unspecified atom stereocenters. The van der Waals surface area contributed by atoms with E-state index in [0.717, 1.165) is 15.8 Å². The van der Waals surface area contributed by atoms with Crippen LogP contribution in [0.5, 0.6) is 5.75 Å². The van der Waals surface area contributed by atoms with Crippen molar-refractivity contribution in [3.05, 3.63) is 62.6 Å². The summed E-state index contributed by atoms with van der Waals surface area (Å²) in [5.41, 5.74) is 2.13. The van der Waals surface area contributed by atoms with E-state index in [-0.39, 0.29) is 5.78 Å². The summed E-state index contributed by atoms with van der Waals surface area (Å²) in [6.07, 6.45) is 0. The van der Waals surface area contributed by atoms with E-state index >= 15 is 0 Å². The molecular formula is C16H14BrClO2. The second-order valence-electron chi connectivity index (χ2n) is 4.37. The van der Waals surface area contributed by atoms with E-state index in [4.69, 9.17) is 16.3 Å². The van der Waals surface area contributed by atoms with Crippen molar-refractivity contribution < 1.29 is 9.53 Å². The maximum absolute atomic E-state index is 12.5. The highest BCUT2D eigenvalue weighted by atomic mass is 79.9. The Hall–Kier alpha value is -1.32. The Labute approximate surface area is 131 Å². The number of carbonyl (C=O) groups is 1. The van der Waals surface area contributed by atoms with Gasteiger partial charge in [0.05, 0.1) is 11.1 Å². The molecule has 4 heteroatoms. The molecule has 0 aliphatic heterocycles. The van der Waals surface area contributed by atoms with Gasteiger partial charge >= 0.3 is 0 Å². The van der Waals surface area contributed by atoms with Crippen molar-refractivity contribution in [2.45, 2.75) is 13.8 Å². The molecule has 0 spiro atoms. The van der Waals surface area contributed by atoms with E-state index in [9.17, 15) is 4.79 Å². The van der Waals surface area contributed by atoms with Gasteiger partial charge in [-0.05, 0) is 65.7 Å². The normalized spacial score (nSPS) is 10.4. The summed E-state index contributed by atoms with van der Waals surface area (Å²) in [6.45, 7) is 4.40. The van der Waals surface area contributed by atoms with Crippen molar-refractivity contribution in [1.29, 1.82) is 0 Å². The molecule has 0 atom stereocenters. The molecule has 0 aromatic heterocycles. The van der Waals surface area contributed by atoms with Gasteiger partial charge in [-0.1, -0.05) is 17.7 Å². The van der Waals surface area contributed by atoms with Crippen LogP contribution in [-0.2, 0) is 0 Å². The fraction of sp³-hybridized carbons (Fsp3) is 0.188. The fourth-order valence-corrected chi connectivity index (χ4v) is 2.57. The van der Waals surface area contributed by atoms with E-state index in [1.807, 2.05) is 19.9 Å². The lowest BCUT2D eigenvalue weighted by atomic mass is 9.99. The maximum Gasteiger partial charge on any atom is 0.193 e. The van der Waals surface area contributed by atoms with Crippen LogP contribution in [0.1, 0.15) is 28.4 Å². The van der Waals surface area contributed by atoms with Crippen LogP contribution in [0.3, 0.4) is 0 Å². The first kappa shape index (κ1) is 15.1. The molecule has 0 fully saturated rings. The molecular weight excluding hydrogens is 340 g/mol. The molecule has 2 nitrogen and oxygen atoms in total. The molecule has 0 amide bonds. The number of halogens is 2. The number of ether oxygens (including phenoxy) is 1. The molecule has 0 aliphatic rings. The largest absolute Gasteiger partial charge is 0.493 e. The zero-order chi connectivity index (χ0) is 14.7. The SMILES string of the molecule is CCOc1ccc(C(=O)c2cc(Cl)ccc2C)cc1Br. The second-order valence-corrected chi connectivity index (χ2v) is 5.66. The standard InChI is InChI=1S/C16H14BrClO2/c1-3-20-15-7-5-11(8-14(15)17)16(19)13-9-12(18)6-4-10(13)2/h4-9H,3H2,1-2H3. The number of hydrogen-bond acceptors (Lipinski definition) is 2. The summed E-state index contributed by atoms with van der Waals surface area (Å²) >= 11 is 9.38. The number of ketones is 1. The first-order valence-electron chi connectivity index (χ1n) is 6.26. The van der Waals surface area contributed by atoms with Gasteiger partial charge in [0.1, 0.15) is 5.75 Å². The topological polar surface area (TPSA) is 26.3 Å². The van der Waals surface area contributed by atoms with Crippen LogP contribution in [0.15, 0.2) is 40.9 Å². The minimum absolute atomic E-state index is 0.0475. The minimum atomic E-state index is -0.0475. The van der Waals surface area contributed by atoms with Crippen LogP contribution >= 0.6 is 27.5 Å². The predicted molar refractivity (Wildman–Crippen MR) is 84.9 cm³/mol. The van der Waals surface area contributed by atoms with Gasteiger partial charge in [-0.3, -0.25) is 4.79 Å². The Morgan fingerprint density at radius 3 is 2.65 bits per heavy atom. The number of hydrogen-bond donors (Lipinski definition) is 0. The van der Waals surface area contributed by atoms with Gasteiger partial charge in [0.15, 0.2) is 5.78 Å². The lowest BCUT2D eigenvalue weighted by Crippen LogP contribution is -2.04. The van der Waals surface area contributed by atoms with Crippen molar-refractivity contribution in [2.24, 2.45) is 0 Å². The second kappa shape index (κ2) is 6.42. The van der Waals surface area contributed by atoms with Crippen LogP contribution in [-0.4, -0.2) is 12.4 Å². The molecule has 0 aliphatic carbocycles. The van der Waals surface area contributed by atoms with Gasteiger partial charge in [0.2, 0.25) is 0 Å². The van der Waals surface area contributed by atoms with Crippen molar-refractivity contribution >= 4 is 33.3 Å². The molecule has 0 N–H and O–H groups in total. The number of benzene rings is 2. The number of aryl methyl sites for hydroxylation is 1. The predicted octanol–water partition coefficient (Wildman–Crippen LogP) is 5.04. The summed E-state index contributed by atoms with van der Waals surface area (Å²) in [5, 5.41) is 0.559. The van der Waals surface area contributed by atoms with Crippen LogP contribution in [0.4, 0.5) is 0 Å². The highest BCUT2D eigenvalue weighted by Crippen LogP contribution is 2.28. The Morgan fingerprint density at radius 2 is 2.00 bits per heavy atom. The summed E-state index contributed by atoms with van der Waals surface area (Å²) in [4.78, 5) is 12.5. The highest BCUT2D eigenvalue weighted by molar-refractivity contribution is 9.10. The minimum Gasteiger partial charge on any atom is -0.493 e. The highest BCUT2D eigenvalue weighted by Gasteiger charge is 2.14. The first-order chi connectivity index (χ1) is 9.52. The van der Waals surface area contributed by atoms with Gasteiger partial charge < -0.3 is 4.74 Å².